The Labute approximate surface area is 162 Å². The molecular weight excluding hydrogens is 360 g/mol. The first-order chi connectivity index (χ1) is 13.5. The van der Waals surface area contributed by atoms with Crippen molar-refractivity contribution in [3.8, 4) is 0 Å². The van der Waals surface area contributed by atoms with Gasteiger partial charge < -0.3 is 10.2 Å². The van der Waals surface area contributed by atoms with Gasteiger partial charge in [0.05, 0.1) is 5.70 Å². The van der Waals surface area contributed by atoms with Crippen molar-refractivity contribution >= 4 is 11.5 Å². The number of rotatable bonds is 2. The van der Waals surface area contributed by atoms with Gasteiger partial charge in [-0.3, -0.25) is 9.69 Å². The molecule has 0 aromatic heterocycles. The normalized spacial score (nSPS) is 25.2. The van der Waals surface area contributed by atoms with E-state index in [0.717, 1.165) is 37.1 Å². The standard InChI is InChI=1S/C22H21F2N3O/c1-15-13-26(8-7-25-15)21-6-5-20-4-2-3-16(11-22(28)27(20)14-21)17-9-18(23)12-19(24)10-17/h2-6,9-12,14-15,25H,7-8,13H2,1H3/b3-2+,16-11+,20-4?/t15-/m0/s1. The molecule has 0 radical (unpaired) electrons. The predicted octanol–water partition coefficient (Wildman–Crippen LogP) is 3.34. The number of carbonyl (C=O) groups excluding carboxylic acids is 1. The van der Waals surface area contributed by atoms with Crippen molar-refractivity contribution in [3.05, 3.63) is 89.4 Å². The first-order valence-electron chi connectivity index (χ1n) is 9.27. The number of nitrogens with zero attached hydrogens (tertiary/aromatic N) is 2. The van der Waals surface area contributed by atoms with Gasteiger partial charge in [-0.1, -0.05) is 12.2 Å². The molecule has 1 amide bonds. The highest BCUT2D eigenvalue weighted by molar-refractivity contribution is 5.99. The Bertz CT molecular complexity index is 938. The summed E-state index contributed by atoms with van der Waals surface area (Å²) in [5.41, 5.74) is 2.50. The Morgan fingerprint density at radius 3 is 2.57 bits per heavy atom. The molecule has 0 saturated carbocycles. The van der Waals surface area contributed by atoms with Gasteiger partial charge in [-0.05, 0) is 48.4 Å². The summed E-state index contributed by atoms with van der Waals surface area (Å²) in [4.78, 5) is 16.7. The quantitative estimate of drug-likeness (QED) is 0.854. The zero-order valence-corrected chi connectivity index (χ0v) is 15.5. The lowest BCUT2D eigenvalue weighted by molar-refractivity contribution is -0.122. The van der Waals surface area contributed by atoms with Crippen LogP contribution in [0.3, 0.4) is 0 Å². The molecule has 1 fully saturated rings. The Morgan fingerprint density at radius 2 is 1.82 bits per heavy atom. The summed E-state index contributed by atoms with van der Waals surface area (Å²) in [6.07, 6.45) is 12.4. The maximum absolute atomic E-state index is 13.6. The molecule has 3 aliphatic rings. The van der Waals surface area contributed by atoms with Gasteiger partial charge in [-0.2, -0.15) is 0 Å². The van der Waals surface area contributed by atoms with Gasteiger partial charge in [-0.25, -0.2) is 8.78 Å². The predicted molar refractivity (Wildman–Crippen MR) is 105 cm³/mol. The smallest absolute Gasteiger partial charge is 0.255 e. The molecule has 0 bridgehead atoms. The largest absolute Gasteiger partial charge is 0.368 e. The molecule has 6 heteroatoms. The van der Waals surface area contributed by atoms with Gasteiger partial charge in [0.1, 0.15) is 11.6 Å². The first-order valence-corrected chi connectivity index (χ1v) is 9.27. The monoisotopic (exact) mass is 381 g/mol. The second kappa shape index (κ2) is 7.56. The fourth-order valence-electron chi connectivity index (χ4n) is 3.58. The maximum Gasteiger partial charge on any atom is 0.255 e. The van der Waals surface area contributed by atoms with Crippen LogP contribution >= 0.6 is 0 Å². The van der Waals surface area contributed by atoms with E-state index in [1.807, 2.05) is 24.4 Å². The van der Waals surface area contributed by atoms with Gasteiger partial charge in [0.2, 0.25) is 0 Å². The second-order valence-electron chi connectivity index (χ2n) is 7.11. The zero-order chi connectivity index (χ0) is 19.7. The Hall–Kier alpha value is -2.99. The number of nitrogens with one attached hydrogen (secondary N) is 1. The van der Waals surface area contributed by atoms with Gasteiger partial charge in [-0.15, -0.1) is 0 Å². The molecule has 1 aromatic rings. The van der Waals surface area contributed by atoms with Crippen molar-refractivity contribution in [2.75, 3.05) is 19.6 Å². The molecular formula is C22H21F2N3O. The topological polar surface area (TPSA) is 35.6 Å². The minimum absolute atomic E-state index is 0.264. The highest BCUT2D eigenvalue weighted by Gasteiger charge is 2.23. The number of carbonyl (C=O) groups is 1. The van der Waals surface area contributed by atoms with Crippen LogP contribution in [0.25, 0.3) is 5.57 Å². The molecule has 1 atom stereocenters. The van der Waals surface area contributed by atoms with Crippen LogP contribution in [0.4, 0.5) is 8.78 Å². The third-order valence-corrected chi connectivity index (χ3v) is 4.95. The molecule has 1 saturated heterocycles. The van der Waals surface area contributed by atoms with E-state index in [0.29, 0.717) is 17.2 Å². The van der Waals surface area contributed by atoms with Crippen molar-refractivity contribution in [1.29, 1.82) is 0 Å². The molecule has 4 nitrogen and oxygen atoms in total. The Kier molecular flexibility index (Phi) is 4.96. The zero-order valence-electron chi connectivity index (χ0n) is 15.5. The van der Waals surface area contributed by atoms with Crippen molar-refractivity contribution in [1.82, 2.24) is 15.1 Å². The molecule has 3 aliphatic heterocycles. The number of piperazine rings is 1. The van der Waals surface area contributed by atoms with E-state index in [9.17, 15) is 13.6 Å². The van der Waals surface area contributed by atoms with Crippen LogP contribution in [0.15, 0.2) is 72.2 Å². The minimum atomic E-state index is -0.675. The average Bonchev–Trinajstić information content (AvgIpc) is 2.65. The van der Waals surface area contributed by atoms with Gasteiger partial charge in [0.25, 0.3) is 5.91 Å². The van der Waals surface area contributed by atoms with Crippen LogP contribution in [0.2, 0.25) is 0 Å². The minimum Gasteiger partial charge on any atom is -0.368 e. The van der Waals surface area contributed by atoms with E-state index < -0.39 is 11.6 Å². The van der Waals surface area contributed by atoms with Crippen LogP contribution in [0.5, 0.6) is 0 Å². The Balaban J connectivity index is 1.66. The molecule has 4 rings (SSSR count). The summed E-state index contributed by atoms with van der Waals surface area (Å²) in [5.74, 6) is -1.61. The van der Waals surface area contributed by atoms with Crippen LogP contribution in [0.1, 0.15) is 12.5 Å². The molecule has 1 N–H and O–H groups in total. The van der Waals surface area contributed by atoms with Crippen molar-refractivity contribution in [2.45, 2.75) is 13.0 Å². The van der Waals surface area contributed by atoms with E-state index in [-0.39, 0.29) is 5.91 Å². The summed E-state index contributed by atoms with van der Waals surface area (Å²) < 4.78 is 27.2. The van der Waals surface area contributed by atoms with Crippen LogP contribution in [-0.4, -0.2) is 41.4 Å². The van der Waals surface area contributed by atoms with E-state index in [2.05, 4.69) is 17.1 Å². The highest BCUT2D eigenvalue weighted by Crippen LogP contribution is 2.26. The lowest BCUT2D eigenvalue weighted by atomic mass is 10.0. The highest BCUT2D eigenvalue weighted by atomic mass is 19.1. The third-order valence-electron chi connectivity index (χ3n) is 4.95. The van der Waals surface area contributed by atoms with E-state index in [1.165, 1.54) is 18.2 Å². The molecule has 0 unspecified atom stereocenters. The van der Waals surface area contributed by atoms with E-state index >= 15 is 0 Å². The van der Waals surface area contributed by atoms with E-state index in [1.54, 1.807) is 17.1 Å². The molecule has 144 valence electrons. The van der Waals surface area contributed by atoms with Crippen LogP contribution < -0.4 is 5.32 Å². The maximum atomic E-state index is 13.6. The number of hydrogen-bond donors (Lipinski definition) is 1. The Morgan fingerprint density at radius 1 is 1.07 bits per heavy atom. The molecule has 1 aromatic carbocycles. The van der Waals surface area contributed by atoms with Gasteiger partial charge >= 0.3 is 0 Å². The van der Waals surface area contributed by atoms with Crippen molar-refractivity contribution in [2.24, 2.45) is 0 Å². The number of hydrogen-bond acceptors (Lipinski definition) is 3. The summed E-state index contributed by atoms with van der Waals surface area (Å²) in [6.45, 7) is 4.75. The van der Waals surface area contributed by atoms with Crippen LogP contribution in [-0.2, 0) is 4.79 Å². The summed E-state index contributed by atoms with van der Waals surface area (Å²) in [6, 6.07) is 3.63. The third kappa shape index (κ3) is 3.82. The van der Waals surface area contributed by atoms with Crippen LogP contribution in [0, 0.1) is 11.6 Å². The first kappa shape index (κ1) is 18.4. The average molecular weight is 381 g/mol. The van der Waals surface area contributed by atoms with Crippen molar-refractivity contribution < 1.29 is 13.6 Å². The number of allylic oxidation sites excluding steroid dienone is 6. The molecule has 28 heavy (non-hydrogen) atoms. The fourth-order valence-corrected chi connectivity index (χ4v) is 3.58. The fraction of sp³-hybridized carbons (Fsp3) is 0.227. The summed E-state index contributed by atoms with van der Waals surface area (Å²) in [7, 11) is 0. The van der Waals surface area contributed by atoms with Crippen molar-refractivity contribution in [3.63, 3.8) is 0 Å². The van der Waals surface area contributed by atoms with E-state index in [4.69, 9.17) is 0 Å². The summed E-state index contributed by atoms with van der Waals surface area (Å²) in [5, 5.41) is 3.40. The number of halogens is 2. The SMILES string of the molecule is C[C@H]1CN(C2=CN3C(=O)/C=C(c4cc(F)cc(F)c4)\C=C\C=C3C=C2)CCN1. The molecule has 0 aliphatic carbocycles. The summed E-state index contributed by atoms with van der Waals surface area (Å²) >= 11 is 0. The lowest BCUT2D eigenvalue weighted by Crippen LogP contribution is -2.48. The second-order valence-corrected chi connectivity index (χ2v) is 7.11. The van der Waals surface area contributed by atoms with Gasteiger partial charge in [0.15, 0.2) is 0 Å². The lowest BCUT2D eigenvalue weighted by Gasteiger charge is -2.36. The number of benzene rings is 1. The molecule has 3 heterocycles. The molecule has 0 spiro atoms. The number of amides is 1. The number of fused-ring (bicyclic) bond motifs is 1. The van der Waals surface area contributed by atoms with Gasteiger partial charge in [0, 0.05) is 49.7 Å².